The van der Waals surface area contributed by atoms with Crippen molar-refractivity contribution in [3.63, 3.8) is 0 Å². The molecule has 0 spiro atoms. The van der Waals surface area contributed by atoms with Crippen LogP contribution in [0.3, 0.4) is 0 Å². The van der Waals surface area contributed by atoms with Crippen LogP contribution in [0.5, 0.6) is 5.75 Å². The summed E-state index contributed by atoms with van der Waals surface area (Å²) in [7, 11) is -1.06. The Morgan fingerprint density at radius 1 is 0.833 bits per heavy atom. The molecule has 218 valence electrons. The second kappa shape index (κ2) is 13.8. The highest BCUT2D eigenvalue weighted by Crippen LogP contribution is 2.28. The zero-order valence-electron chi connectivity index (χ0n) is 23.9. The predicted molar refractivity (Wildman–Crippen MR) is 164 cm³/mol. The minimum Gasteiger partial charge on any atom is -0.497 e. The van der Waals surface area contributed by atoms with Crippen LogP contribution in [-0.4, -0.2) is 51.9 Å². The van der Waals surface area contributed by atoms with Gasteiger partial charge in [0.1, 0.15) is 18.3 Å². The average molecular weight is 586 g/mol. The van der Waals surface area contributed by atoms with Crippen LogP contribution in [0.15, 0.2) is 114 Å². The summed E-state index contributed by atoms with van der Waals surface area (Å²) in [6.07, 6.45) is 0.242. The molecule has 42 heavy (non-hydrogen) atoms. The maximum absolute atomic E-state index is 14.3. The van der Waals surface area contributed by atoms with Crippen molar-refractivity contribution in [1.82, 2.24) is 10.2 Å². The summed E-state index contributed by atoms with van der Waals surface area (Å²) in [6, 6.07) is 30.8. The molecule has 2 amide bonds. The van der Waals surface area contributed by atoms with E-state index >= 15 is 0 Å². The number of rotatable bonds is 12. The van der Waals surface area contributed by atoms with E-state index in [9.17, 15) is 18.0 Å². The molecule has 4 aromatic carbocycles. The van der Waals surface area contributed by atoms with E-state index in [4.69, 9.17) is 4.74 Å². The van der Waals surface area contributed by atoms with Crippen LogP contribution in [0.2, 0.25) is 0 Å². The number of aryl methyl sites for hydroxylation is 1. The number of sulfonamides is 1. The van der Waals surface area contributed by atoms with Crippen molar-refractivity contribution >= 4 is 27.5 Å². The van der Waals surface area contributed by atoms with E-state index in [1.54, 1.807) is 62.6 Å². The summed E-state index contributed by atoms with van der Waals surface area (Å²) in [6.45, 7) is 1.35. The van der Waals surface area contributed by atoms with Gasteiger partial charge in [-0.25, -0.2) is 8.42 Å². The Morgan fingerprint density at radius 2 is 1.45 bits per heavy atom. The highest BCUT2D eigenvalue weighted by atomic mass is 32.2. The van der Waals surface area contributed by atoms with Crippen LogP contribution in [-0.2, 0) is 32.6 Å². The van der Waals surface area contributed by atoms with E-state index in [0.29, 0.717) is 17.0 Å². The Bertz CT molecular complexity index is 1610. The molecule has 1 atom stereocenters. The fourth-order valence-corrected chi connectivity index (χ4v) is 6.26. The molecule has 0 aliphatic heterocycles. The number of anilines is 1. The molecule has 8 nitrogen and oxygen atoms in total. The van der Waals surface area contributed by atoms with E-state index in [-0.39, 0.29) is 23.8 Å². The van der Waals surface area contributed by atoms with Gasteiger partial charge < -0.3 is 15.0 Å². The lowest BCUT2D eigenvalue weighted by molar-refractivity contribution is -0.139. The highest BCUT2D eigenvalue weighted by molar-refractivity contribution is 7.92. The van der Waals surface area contributed by atoms with E-state index in [1.165, 1.54) is 24.1 Å². The Balaban J connectivity index is 1.80. The monoisotopic (exact) mass is 585 g/mol. The van der Waals surface area contributed by atoms with E-state index in [1.807, 2.05) is 48.5 Å². The molecular weight excluding hydrogens is 550 g/mol. The second-order valence-corrected chi connectivity index (χ2v) is 11.7. The largest absolute Gasteiger partial charge is 0.497 e. The number of hydrogen-bond acceptors (Lipinski definition) is 5. The minimum absolute atomic E-state index is 0.0625. The van der Waals surface area contributed by atoms with Crippen LogP contribution in [0.1, 0.15) is 16.7 Å². The Labute approximate surface area is 247 Å². The summed E-state index contributed by atoms with van der Waals surface area (Å²) in [4.78, 5) is 29.2. The fourth-order valence-electron chi connectivity index (χ4n) is 4.76. The zero-order valence-corrected chi connectivity index (χ0v) is 24.8. The lowest BCUT2D eigenvalue weighted by Crippen LogP contribution is -2.53. The molecule has 0 saturated carbocycles. The zero-order chi connectivity index (χ0) is 30.1. The molecule has 0 aliphatic carbocycles. The quantitative estimate of drug-likeness (QED) is 0.263. The highest BCUT2D eigenvalue weighted by Gasteiger charge is 2.34. The van der Waals surface area contributed by atoms with Gasteiger partial charge in [0.15, 0.2) is 0 Å². The van der Waals surface area contributed by atoms with Crippen molar-refractivity contribution in [2.45, 2.75) is 30.8 Å². The normalized spacial score (nSPS) is 11.8. The molecule has 0 radical (unpaired) electrons. The Kier molecular flexibility index (Phi) is 9.98. The molecular formula is C33H35N3O5S. The Morgan fingerprint density at radius 3 is 2.10 bits per heavy atom. The predicted octanol–water partition coefficient (Wildman–Crippen LogP) is 4.59. The minimum atomic E-state index is -4.13. The van der Waals surface area contributed by atoms with Crippen LogP contribution in [0.25, 0.3) is 0 Å². The molecule has 0 unspecified atom stereocenters. The van der Waals surface area contributed by atoms with Crippen molar-refractivity contribution in [2.24, 2.45) is 0 Å². The van der Waals surface area contributed by atoms with Crippen LogP contribution in [0.4, 0.5) is 5.69 Å². The molecule has 4 rings (SSSR count). The van der Waals surface area contributed by atoms with Crippen molar-refractivity contribution in [1.29, 1.82) is 0 Å². The molecule has 0 bridgehead atoms. The van der Waals surface area contributed by atoms with E-state index in [0.717, 1.165) is 15.4 Å². The average Bonchev–Trinajstić information content (AvgIpc) is 3.02. The molecule has 0 aliphatic rings. The number of carbonyl (C=O) groups excluding carboxylic acids is 2. The van der Waals surface area contributed by atoms with Gasteiger partial charge in [0, 0.05) is 20.0 Å². The summed E-state index contributed by atoms with van der Waals surface area (Å²) in [5, 5.41) is 2.69. The number of amides is 2. The second-order valence-electron chi connectivity index (χ2n) is 9.80. The number of nitrogens with one attached hydrogen (secondary N) is 1. The molecule has 4 aromatic rings. The van der Waals surface area contributed by atoms with Crippen LogP contribution in [0, 0.1) is 6.92 Å². The smallest absolute Gasteiger partial charge is 0.264 e. The SMILES string of the molecule is CNC(=O)[C@H](Cc1ccccc1)N(Cc1cccc(OC)c1)C(=O)CN(c1ccccc1C)S(=O)(=O)c1ccccc1. The van der Waals surface area contributed by atoms with E-state index < -0.39 is 28.5 Å². The third-order valence-corrected chi connectivity index (χ3v) is 8.77. The summed E-state index contributed by atoms with van der Waals surface area (Å²) < 4.78 is 34.5. The number of nitrogens with zero attached hydrogens (tertiary/aromatic N) is 2. The third kappa shape index (κ3) is 7.16. The lowest BCUT2D eigenvalue weighted by atomic mass is 10.0. The van der Waals surface area contributed by atoms with Crippen molar-refractivity contribution < 1.29 is 22.7 Å². The Hall–Kier alpha value is -4.63. The first-order valence-electron chi connectivity index (χ1n) is 13.6. The first-order valence-corrected chi connectivity index (χ1v) is 15.0. The molecule has 0 heterocycles. The van der Waals surface area contributed by atoms with Gasteiger partial charge in [-0.1, -0.05) is 78.9 Å². The van der Waals surface area contributed by atoms with Gasteiger partial charge >= 0.3 is 0 Å². The van der Waals surface area contributed by atoms with E-state index in [2.05, 4.69) is 5.32 Å². The van der Waals surface area contributed by atoms with Crippen LogP contribution < -0.4 is 14.4 Å². The number of ether oxygens (including phenoxy) is 1. The number of para-hydroxylation sites is 1. The summed E-state index contributed by atoms with van der Waals surface area (Å²) >= 11 is 0. The fraction of sp³-hybridized carbons (Fsp3) is 0.212. The van der Waals surface area contributed by atoms with Gasteiger partial charge in [-0.15, -0.1) is 0 Å². The lowest BCUT2D eigenvalue weighted by Gasteiger charge is -2.34. The van der Waals surface area contributed by atoms with Gasteiger partial charge in [-0.2, -0.15) is 0 Å². The van der Waals surface area contributed by atoms with Crippen molar-refractivity contribution in [3.8, 4) is 5.75 Å². The summed E-state index contributed by atoms with van der Waals surface area (Å²) in [5.74, 6) is -0.277. The van der Waals surface area contributed by atoms with Gasteiger partial charge in [0.25, 0.3) is 10.0 Å². The van der Waals surface area contributed by atoms with Gasteiger partial charge in [0.2, 0.25) is 11.8 Å². The number of carbonyl (C=O) groups is 2. The maximum atomic E-state index is 14.3. The molecule has 9 heteroatoms. The number of methoxy groups -OCH3 is 1. The van der Waals surface area contributed by atoms with Crippen molar-refractivity contribution in [3.05, 3.63) is 126 Å². The first-order chi connectivity index (χ1) is 20.2. The van der Waals surface area contributed by atoms with Crippen LogP contribution >= 0.6 is 0 Å². The number of benzene rings is 4. The van der Waals surface area contributed by atoms with Gasteiger partial charge in [-0.3, -0.25) is 13.9 Å². The third-order valence-electron chi connectivity index (χ3n) is 7.00. The topological polar surface area (TPSA) is 96.0 Å². The first kappa shape index (κ1) is 30.3. The molecule has 0 fully saturated rings. The summed E-state index contributed by atoms with van der Waals surface area (Å²) in [5.41, 5.74) is 2.67. The van der Waals surface area contributed by atoms with Crippen molar-refractivity contribution in [2.75, 3.05) is 25.0 Å². The molecule has 1 N–H and O–H groups in total. The number of hydrogen-bond donors (Lipinski definition) is 1. The number of likely N-dealkylation sites (N-methyl/N-ethyl adjacent to an activating group) is 1. The van der Waals surface area contributed by atoms with Gasteiger partial charge in [0.05, 0.1) is 17.7 Å². The molecule has 0 aromatic heterocycles. The van der Waals surface area contributed by atoms with Gasteiger partial charge in [-0.05, 0) is 53.9 Å². The molecule has 0 saturated heterocycles. The maximum Gasteiger partial charge on any atom is 0.264 e. The standard InChI is InChI=1S/C33H35N3O5S/c1-25-13-10-11-20-30(25)36(42(39,40)29-18-8-5-9-19-29)24-32(37)35(23-27-16-12-17-28(21-27)41-3)31(33(38)34-2)22-26-14-6-4-7-15-26/h4-21,31H,22-24H2,1-3H3,(H,34,38)/t31-/m0/s1.